The minimum Gasteiger partial charge on any atom is -0.475 e. The van der Waals surface area contributed by atoms with Gasteiger partial charge in [0.1, 0.15) is 6.61 Å². The monoisotopic (exact) mass is 245 g/mol. The van der Waals surface area contributed by atoms with Crippen molar-refractivity contribution >= 4 is 15.9 Å². The molecule has 1 aromatic heterocycles. The standard InChI is InChI=1S/C9H12BrNO2/c1-2-12-5-6-13-9-7-8(10)3-4-11-9/h3-4,7H,2,5-6H2,1H3. The molecule has 0 aliphatic rings. The van der Waals surface area contributed by atoms with Crippen molar-refractivity contribution in [3.05, 3.63) is 22.8 Å². The van der Waals surface area contributed by atoms with Gasteiger partial charge in [-0.05, 0) is 13.0 Å². The van der Waals surface area contributed by atoms with E-state index < -0.39 is 0 Å². The van der Waals surface area contributed by atoms with Gasteiger partial charge < -0.3 is 9.47 Å². The Balaban J connectivity index is 2.28. The van der Waals surface area contributed by atoms with Gasteiger partial charge in [-0.3, -0.25) is 0 Å². The lowest BCUT2D eigenvalue weighted by Crippen LogP contribution is -2.06. The maximum Gasteiger partial charge on any atom is 0.214 e. The van der Waals surface area contributed by atoms with Crippen molar-refractivity contribution in [2.24, 2.45) is 0 Å². The van der Waals surface area contributed by atoms with E-state index in [2.05, 4.69) is 20.9 Å². The molecule has 0 spiro atoms. The maximum absolute atomic E-state index is 5.32. The molecule has 0 unspecified atom stereocenters. The molecular weight excluding hydrogens is 234 g/mol. The molecule has 0 radical (unpaired) electrons. The average molecular weight is 246 g/mol. The first-order chi connectivity index (χ1) is 6.33. The summed E-state index contributed by atoms with van der Waals surface area (Å²) in [4.78, 5) is 4.03. The Kier molecular flexibility index (Phi) is 4.78. The topological polar surface area (TPSA) is 31.4 Å². The molecule has 3 nitrogen and oxygen atoms in total. The molecule has 0 saturated carbocycles. The number of halogens is 1. The zero-order valence-electron chi connectivity index (χ0n) is 7.50. The molecule has 1 heterocycles. The Morgan fingerprint density at radius 3 is 3.00 bits per heavy atom. The normalized spacial score (nSPS) is 10.0. The minimum absolute atomic E-state index is 0.539. The minimum atomic E-state index is 0.539. The van der Waals surface area contributed by atoms with Crippen LogP contribution in [0.1, 0.15) is 6.92 Å². The summed E-state index contributed by atoms with van der Waals surface area (Å²) in [6.45, 7) is 3.81. The van der Waals surface area contributed by atoms with E-state index in [4.69, 9.17) is 9.47 Å². The molecule has 0 aliphatic heterocycles. The third-order valence-electron chi connectivity index (χ3n) is 1.38. The predicted molar refractivity (Wildman–Crippen MR) is 53.9 cm³/mol. The summed E-state index contributed by atoms with van der Waals surface area (Å²) in [5, 5.41) is 0. The van der Waals surface area contributed by atoms with Crippen LogP contribution >= 0.6 is 15.9 Å². The van der Waals surface area contributed by atoms with Crippen LogP contribution in [-0.2, 0) is 4.74 Å². The van der Waals surface area contributed by atoms with Crippen LogP contribution in [0.25, 0.3) is 0 Å². The lowest BCUT2D eigenvalue weighted by Gasteiger charge is -2.04. The van der Waals surface area contributed by atoms with Crippen molar-refractivity contribution in [3.8, 4) is 5.88 Å². The van der Waals surface area contributed by atoms with Gasteiger partial charge in [0.15, 0.2) is 0 Å². The van der Waals surface area contributed by atoms with Crippen molar-refractivity contribution in [2.45, 2.75) is 6.92 Å². The number of rotatable bonds is 5. The van der Waals surface area contributed by atoms with Crippen LogP contribution < -0.4 is 4.74 Å². The van der Waals surface area contributed by atoms with Crippen LogP contribution in [-0.4, -0.2) is 24.8 Å². The Bertz CT molecular complexity index is 255. The van der Waals surface area contributed by atoms with Crippen LogP contribution in [0.2, 0.25) is 0 Å². The summed E-state index contributed by atoms with van der Waals surface area (Å²) in [7, 11) is 0. The first-order valence-electron chi connectivity index (χ1n) is 4.15. The van der Waals surface area contributed by atoms with Gasteiger partial charge in [-0.15, -0.1) is 0 Å². The fourth-order valence-electron chi connectivity index (χ4n) is 0.814. The van der Waals surface area contributed by atoms with E-state index in [1.54, 1.807) is 6.20 Å². The van der Waals surface area contributed by atoms with E-state index in [1.807, 2.05) is 19.1 Å². The predicted octanol–water partition coefficient (Wildman–Crippen LogP) is 2.26. The summed E-state index contributed by atoms with van der Waals surface area (Å²) in [5.41, 5.74) is 0. The van der Waals surface area contributed by atoms with Crippen LogP contribution in [0.5, 0.6) is 5.88 Å². The molecule has 4 heteroatoms. The van der Waals surface area contributed by atoms with E-state index >= 15 is 0 Å². The fourth-order valence-corrected chi connectivity index (χ4v) is 1.13. The molecule has 1 rings (SSSR count). The summed E-state index contributed by atoms with van der Waals surface area (Å²) in [6.07, 6.45) is 1.69. The molecule has 72 valence electrons. The molecule has 0 atom stereocenters. The number of hydrogen-bond donors (Lipinski definition) is 0. The molecule has 0 N–H and O–H groups in total. The van der Waals surface area contributed by atoms with E-state index in [0.717, 1.165) is 11.1 Å². The molecule has 0 saturated heterocycles. The van der Waals surface area contributed by atoms with Gasteiger partial charge in [0.2, 0.25) is 5.88 Å². The van der Waals surface area contributed by atoms with Gasteiger partial charge in [0.05, 0.1) is 6.61 Å². The third-order valence-corrected chi connectivity index (χ3v) is 1.87. The van der Waals surface area contributed by atoms with Crippen molar-refractivity contribution in [2.75, 3.05) is 19.8 Å². The maximum atomic E-state index is 5.32. The lowest BCUT2D eigenvalue weighted by atomic mass is 10.5. The second kappa shape index (κ2) is 5.94. The van der Waals surface area contributed by atoms with Crippen LogP contribution in [0.3, 0.4) is 0 Å². The number of pyridine rings is 1. The van der Waals surface area contributed by atoms with Gasteiger partial charge in [-0.25, -0.2) is 4.98 Å². The highest BCUT2D eigenvalue weighted by Crippen LogP contribution is 2.14. The lowest BCUT2D eigenvalue weighted by molar-refractivity contribution is 0.108. The number of nitrogens with zero attached hydrogens (tertiary/aromatic N) is 1. The third kappa shape index (κ3) is 4.24. The molecule has 0 fully saturated rings. The fraction of sp³-hybridized carbons (Fsp3) is 0.444. The van der Waals surface area contributed by atoms with Crippen LogP contribution in [0.15, 0.2) is 22.8 Å². The quantitative estimate of drug-likeness (QED) is 0.747. The van der Waals surface area contributed by atoms with Gasteiger partial charge in [0, 0.05) is 23.3 Å². The zero-order chi connectivity index (χ0) is 9.52. The van der Waals surface area contributed by atoms with E-state index in [9.17, 15) is 0 Å². The smallest absolute Gasteiger partial charge is 0.214 e. The molecule has 13 heavy (non-hydrogen) atoms. The highest BCUT2D eigenvalue weighted by molar-refractivity contribution is 9.10. The van der Waals surface area contributed by atoms with Crippen LogP contribution in [0, 0.1) is 0 Å². The Hall–Kier alpha value is -0.610. The van der Waals surface area contributed by atoms with Crippen molar-refractivity contribution < 1.29 is 9.47 Å². The second-order valence-electron chi connectivity index (χ2n) is 2.36. The highest BCUT2D eigenvalue weighted by atomic mass is 79.9. The summed E-state index contributed by atoms with van der Waals surface area (Å²) in [5.74, 6) is 0.620. The number of aromatic nitrogens is 1. The van der Waals surface area contributed by atoms with Gasteiger partial charge in [0.25, 0.3) is 0 Å². The largest absolute Gasteiger partial charge is 0.475 e. The molecular formula is C9H12BrNO2. The molecule has 0 aliphatic carbocycles. The van der Waals surface area contributed by atoms with E-state index in [1.165, 1.54) is 0 Å². The zero-order valence-corrected chi connectivity index (χ0v) is 9.08. The van der Waals surface area contributed by atoms with Crippen molar-refractivity contribution in [1.82, 2.24) is 4.98 Å². The molecule has 0 bridgehead atoms. The average Bonchev–Trinajstić information content (AvgIpc) is 2.13. The molecule has 1 aromatic rings. The molecule has 0 aromatic carbocycles. The number of ether oxygens (including phenoxy) is 2. The highest BCUT2D eigenvalue weighted by Gasteiger charge is 1.95. The SMILES string of the molecule is CCOCCOc1cc(Br)ccn1. The first-order valence-corrected chi connectivity index (χ1v) is 4.94. The van der Waals surface area contributed by atoms with Gasteiger partial charge in [-0.1, -0.05) is 15.9 Å². The first kappa shape index (κ1) is 10.5. The number of hydrogen-bond acceptors (Lipinski definition) is 3. The summed E-state index contributed by atoms with van der Waals surface area (Å²) < 4.78 is 11.4. The Labute approximate surface area is 86.2 Å². The summed E-state index contributed by atoms with van der Waals surface area (Å²) >= 11 is 3.33. The van der Waals surface area contributed by atoms with Gasteiger partial charge >= 0.3 is 0 Å². The second-order valence-corrected chi connectivity index (χ2v) is 3.27. The summed E-state index contributed by atoms with van der Waals surface area (Å²) in [6, 6.07) is 3.68. The van der Waals surface area contributed by atoms with E-state index in [-0.39, 0.29) is 0 Å². The molecule has 0 amide bonds. The Morgan fingerprint density at radius 1 is 1.46 bits per heavy atom. The van der Waals surface area contributed by atoms with Crippen molar-refractivity contribution in [1.29, 1.82) is 0 Å². The van der Waals surface area contributed by atoms with Gasteiger partial charge in [-0.2, -0.15) is 0 Å². The Morgan fingerprint density at radius 2 is 2.31 bits per heavy atom. The van der Waals surface area contributed by atoms with Crippen molar-refractivity contribution in [3.63, 3.8) is 0 Å². The van der Waals surface area contributed by atoms with E-state index in [0.29, 0.717) is 19.1 Å². The van der Waals surface area contributed by atoms with Crippen LogP contribution in [0.4, 0.5) is 0 Å².